The fourth-order valence-corrected chi connectivity index (χ4v) is 3.61. The summed E-state index contributed by atoms with van der Waals surface area (Å²) in [4.78, 5) is 23.0. The molecule has 0 aliphatic heterocycles. The molecule has 0 fully saturated rings. The maximum atomic E-state index is 12.0. The minimum absolute atomic E-state index is 0.151. The Morgan fingerprint density at radius 1 is 1.10 bits per heavy atom. The van der Waals surface area contributed by atoms with Gasteiger partial charge in [-0.25, -0.2) is 0 Å². The zero-order chi connectivity index (χ0) is 20.4. The van der Waals surface area contributed by atoms with E-state index in [4.69, 9.17) is 0 Å². The molecule has 0 spiro atoms. The second kappa shape index (κ2) is 8.04. The van der Waals surface area contributed by atoms with Gasteiger partial charge in [-0.3, -0.25) is 19.8 Å². The van der Waals surface area contributed by atoms with Gasteiger partial charge in [0.15, 0.2) is 0 Å². The summed E-state index contributed by atoms with van der Waals surface area (Å²) in [6.45, 7) is 0.310. The summed E-state index contributed by atoms with van der Waals surface area (Å²) in [5.41, 5.74) is 2.45. The normalized spacial score (nSPS) is 11.3. The molecule has 0 saturated carbocycles. The lowest BCUT2D eigenvalue weighted by Gasteiger charge is -2.07. The number of H-pyrrole nitrogens is 1. The molecule has 0 saturated heterocycles. The van der Waals surface area contributed by atoms with Gasteiger partial charge in [0.2, 0.25) is 5.88 Å². The Labute approximate surface area is 179 Å². The van der Waals surface area contributed by atoms with E-state index in [1.165, 1.54) is 6.21 Å². The van der Waals surface area contributed by atoms with Gasteiger partial charge in [0, 0.05) is 44.1 Å². The molecule has 0 atom stereocenters. The highest BCUT2D eigenvalue weighted by atomic mass is 127. The predicted molar refractivity (Wildman–Crippen MR) is 122 cm³/mol. The number of nitrogens with one attached hydrogen (secondary N) is 1. The predicted octanol–water partition coefficient (Wildman–Crippen LogP) is 4.23. The molecule has 29 heavy (non-hydrogen) atoms. The summed E-state index contributed by atoms with van der Waals surface area (Å²) in [5.74, 6) is -0.0689. The highest BCUT2D eigenvalue weighted by molar-refractivity contribution is 14.1. The lowest BCUT2D eigenvalue weighted by Crippen LogP contribution is -2.08. The Bertz CT molecular complexity index is 1280. The van der Waals surface area contributed by atoms with Crippen molar-refractivity contribution in [1.82, 2.24) is 9.97 Å². The van der Waals surface area contributed by atoms with Crippen molar-refractivity contribution in [3.63, 3.8) is 0 Å². The largest absolute Gasteiger partial charge is 0.507 e. The Hall–Kier alpha value is -3.20. The summed E-state index contributed by atoms with van der Waals surface area (Å²) in [5, 5.41) is 21.7. The van der Waals surface area contributed by atoms with Gasteiger partial charge < -0.3 is 10.2 Å². The number of aliphatic imine (C=N–C) groups is 1. The minimum Gasteiger partial charge on any atom is -0.507 e. The molecule has 0 aliphatic rings. The first kappa shape index (κ1) is 19.1. The molecule has 2 aromatic carbocycles. The molecule has 6 nitrogen and oxygen atoms in total. The summed E-state index contributed by atoms with van der Waals surface area (Å²) in [6.07, 6.45) is 4.91. The van der Waals surface area contributed by atoms with Crippen LogP contribution in [0, 0.1) is 3.57 Å². The molecule has 144 valence electrons. The molecule has 0 unspecified atom stereocenters. The van der Waals surface area contributed by atoms with E-state index < -0.39 is 0 Å². The number of aromatic amines is 1. The first-order chi connectivity index (χ1) is 14.0. The average molecular weight is 497 g/mol. The average Bonchev–Trinajstić information content (AvgIpc) is 2.71. The van der Waals surface area contributed by atoms with Gasteiger partial charge in [-0.05, 0) is 58.5 Å². The number of rotatable bonds is 4. The Balaban J connectivity index is 1.62. The van der Waals surface area contributed by atoms with Gasteiger partial charge in [-0.15, -0.1) is 0 Å². The summed E-state index contributed by atoms with van der Waals surface area (Å²) < 4.78 is 0.950. The molecule has 2 aromatic heterocycles. The third-order valence-electron chi connectivity index (χ3n) is 4.53. The maximum Gasteiger partial charge on any atom is 0.258 e. The van der Waals surface area contributed by atoms with Crippen LogP contribution in [0.25, 0.3) is 21.9 Å². The number of aromatic hydroxyl groups is 2. The summed E-state index contributed by atoms with van der Waals surface area (Å²) >= 11 is 2.16. The van der Waals surface area contributed by atoms with Crippen LogP contribution in [0.2, 0.25) is 0 Å². The second-order valence-corrected chi connectivity index (χ2v) is 7.71. The summed E-state index contributed by atoms with van der Waals surface area (Å²) in [6, 6.07) is 14.5. The molecule has 7 heteroatoms. The van der Waals surface area contributed by atoms with Gasteiger partial charge in [0.1, 0.15) is 5.75 Å². The molecule has 0 aliphatic carbocycles. The number of benzene rings is 2. The SMILES string of the molecule is O=c1[nH]c(O)c(C=NCc2ccc(-c3cccnc3)c(O)c2)c2cc(I)ccc12. The van der Waals surface area contributed by atoms with E-state index in [0.717, 1.165) is 14.7 Å². The number of aromatic nitrogens is 2. The van der Waals surface area contributed by atoms with E-state index in [2.05, 4.69) is 37.6 Å². The van der Waals surface area contributed by atoms with Gasteiger partial charge in [0.25, 0.3) is 5.56 Å². The third kappa shape index (κ3) is 4.00. The van der Waals surface area contributed by atoms with E-state index in [1.54, 1.807) is 24.5 Å². The Morgan fingerprint density at radius 3 is 2.72 bits per heavy atom. The Kier molecular flexibility index (Phi) is 5.30. The van der Waals surface area contributed by atoms with Crippen molar-refractivity contribution in [2.45, 2.75) is 6.54 Å². The second-order valence-electron chi connectivity index (χ2n) is 6.47. The first-order valence-electron chi connectivity index (χ1n) is 8.79. The fourth-order valence-electron chi connectivity index (χ4n) is 3.12. The van der Waals surface area contributed by atoms with Gasteiger partial charge >= 0.3 is 0 Å². The number of phenolic OH excluding ortho intramolecular Hbond substituents is 1. The molecular formula is C22H16IN3O3. The molecule has 4 aromatic rings. The number of pyridine rings is 2. The van der Waals surface area contributed by atoms with E-state index >= 15 is 0 Å². The monoisotopic (exact) mass is 497 g/mol. The minimum atomic E-state index is -0.345. The smallest absolute Gasteiger partial charge is 0.258 e. The zero-order valence-corrected chi connectivity index (χ0v) is 17.3. The van der Waals surface area contributed by atoms with Crippen LogP contribution in [0.1, 0.15) is 11.1 Å². The van der Waals surface area contributed by atoms with Gasteiger partial charge in [-0.2, -0.15) is 0 Å². The molecule has 4 rings (SSSR count). The number of phenols is 1. The Morgan fingerprint density at radius 2 is 1.97 bits per heavy atom. The zero-order valence-electron chi connectivity index (χ0n) is 15.1. The van der Waals surface area contributed by atoms with Gasteiger partial charge in [0.05, 0.1) is 12.1 Å². The third-order valence-corrected chi connectivity index (χ3v) is 5.20. The number of hydrogen-bond acceptors (Lipinski definition) is 5. The van der Waals surface area contributed by atoms with E-state index in [1.807, 2.05) is 36.4 Å². The highest BCUT2D eigenvalue weighted by Gasteiger charge is 2.10. The molecule has 2 heterocycles. The number of fused-ring (bicyclic) bond motifs is 1. The fraction of sp³-hybridized carbons (Fsp3) is 0.0455. The number of nitrogens with zero attached hydrogens (tertiary/aromatic N) is 2. The molecule has 3 N–H and O–H groups in total. The van der Waals surface area contributed by atoms with E-state index in [9.17, 15) is 15.0 Å². The van der Waals surface area contributed by atoms with Crippen LogP contribution in [0.4, 0.5) is 0 Å². The summed E-state index contributed by atoms with van der Waals surface area (Å²) in [7, 11) is 0. The maximum absolute atomic E-state index is 12.0. The first-order valence-corrected chi connectivity index (χ1v) is 9.87. The van der Waals surface area contributed by atoms with Crippen LogP contribution >= 0.6 is 22.6 Å². The van der Waals surface area contributed by atoms with Crippen molar-refractivity contribution < 1.29 is 10.2 Å². The van der Waals surface area contributed by atoms with Crippen molar-refractivity contribution >= 4 is 39.6 Å². The molecule has 0 amide bonds. The van der Waals surface area contributed by atoms with Crippen molar-refractivity contribution in [3.8, 4) is 22.8 Å². The van der Waals surface area contributed by atoms with Crippen molar-refractivity contribution in [2.24, 2.45) is 4.99 Å². The van der Waals surface area contributed by atoms with Crippen molar-refractivity contribution in [3.05, 3.63) is 86.0 Å². The standard InChI is InChI=1S/C22H16IN3O3/c23-15-4-6-17-18(9-15)19(22(29)26-21(17)28)12-25-10-13-3-5-16(20(27)8-13)14-2-1-7-24-11-14/h1-9,11-12,27H,10H2,(H2,26,28,29). The highest BCUT2D eigenvalue weighted by Crippen LogP contribution is 2.29. The van der Waals surface area contributed by atoms with E-state index in [0.29, 0.717) is 28.4 Å². The lowest BCUT2D eigenvalue weighted by atomic mass is 10.0. The topological polar surface area (TPSA) is 98.6 Å². The van der Waals surface area contributed by atoms with Crippen LogP contribution in [0.15, 0.2) is 70.7 Å². The van der Waals surface area contributed by atoms with Crippen LogP contribution in [0.5, 0.6) is 11.6 Å². The molecule has 0 bridgehead atoms. The van der Waals surface area contributed by atoms with Crippen molar-refractivity contribution in [2.75, 3.05) is 0 Å². The molecule has 0 radical (unpaired) electrons. The van der Waals surface area contributed by atoms with Crippen molar-refractivity contribution in [1.29, 1.82) is 0 Å². The van der Waals surface area contributed by atoms with Crippen LogP contribution in [0.3, 0.4) is 0 Å². The van der Waals surface area contributed by atoms with Gasteiger partial charge in [-0.1, -0.05) is 18.2 Å². The van der Waals surface area contributed by atoms with E-state index in [-0.39, 0.29) is 17.2 Å². The quantitative estimate of drug-likeness (QED) is 0.291. The van der Waals surface area contributed by atoms with Crippen LogP contribution < -0.4 is 5.56 Å². The number of halogens is 1. The molecular weight excluding hydrogens is 481 g/mol. The van der Waals surface area contributed by atoms with Crippen LogP contribution in [-0.4, -0.2) is 26.4 Å². The lowest BCUT2D eigenvalue weighted by molar-refractivity contribution is 0.452. The number of hydrogen-bond donors (Lipinski definition) is 3. The van der Waals surface area contributed by atoms with Crippen LogP contribution in [-0.2, 0) is 6.54 Å².